The highest BCUT2D eigenvalue weighted by molar-refractivity contribution is 5.69. The van der Waals surface area contributed by atoms with Gasteiger partial charge in [-0.1, -0.05) is 24.3 Å². The summed E-state index contributed by atoms with van der Waals surface area (Å²) in [5.41, 5.74) is 7.93. The van der Waals surface area contributed by atoms with E-state index in [4.69, 9.17) is 10.5 Å². The van der Waals surface area contributed by atoms with Crippen LogP contribution in [0.15, 0.2) is 36.5 Å². The molecule has 0 bridgehead atoms. The van der Waals surface area contributed by atoms with Crippen LogP contribution in [0.25, 0.3) is 0 Å². The van der Waals surface area contributed by atoms with E-state index in [0.29, 0.717) is 5.82 Å². The molecule has 5 heteroatoms. The third-order valence-corrected chi connectivity index (χ3v) is 3.54. The molecule has 2 aromatic rings. The van der Waals surface area contributed by atoms with E-state index in [1.54, 1.807) is 12.3 Å². The molecule has 0 saturated carbocycles. The zero-order valence-electron chi connectivity index (χ0n) is 11.2. The first-order valence-corrected chi connectivity index (χ1v) is 6.78. The molecule has 2 N–H and O–H groups in total. The summed E-state index contributed by atoms with van der Waals surface area (Å²) in [6.07, 6.45) is 4.51. The molecule has 1 aliphatic carbocycles. The number of aromatic nitrogens is 2. The first kappa shape index (κ1) is 12.7. The SMILES string of the molecule is Nc1ccn(CC(=O)OC2CCCc3ccccc32)n1. The normalized spacial score (nSPS) is 17.5. The molecule has 0 aliphatic heterocycles. The van der Waals surface area contributed by atoms with Gasteiger partial charge in [-0.15, -0.1) is 0 Å². The standard InChI is InChI=1S/C15H17N3O2/c16-14-8-9-18(17-14)10-15(19)20-13-7-3-5-11-4-1-2-6-12(11)13/h1-2,4,6,8-9,13H,3,5,7,10H2,(H2,16,17). The summed E-state index contributed by atoms with van der Waals surface area (Å²) >= 11 is 0. The Kier molecular flexibility index (Phi) is 3.41. The van der Waals surface area contributed by atoms with Crippen LogP contribution in [0.1, 0.15) is 30.1 Å². The molecule has 1 heterocycles. The number of rotatable bonds is 3. The molecule has 1 aliphatic rings. The first-order valence-electron chi connectivity index (χ1n) is 6.78. The van der Waals surface area contributed by atoms with Crippen LogP contribution in [-0.2, 0) is 22.5 Å². The van der Waals surface area contributed by atoms with Gasteiger partial charge in [0.05, 0.1) is 0 Å². The van der Waals surface area contributed by atoms with E-state index in [0.717, 1.165) is 24.8 Å². The Bertz CT molecular complexity index is 621. The average Bonchev–Trinajstić information content (AvgIpc) is 2.84. The third kappa shape index (κ3) is 2.66. The molecule has 104 valence electrons. The Morgan fingerprint density at radius 2 is 2.25 bits per heavy atom. The number of nitrogens with zero attached hydrogens (tertiary/aromatic N) is 2. The minimum absolute atomic E-state index is 0.0931. The molecule has 1 aromatic heterocycles. The number of carbonyl (C=O) groups excluding carboxylic acids is 1. The number of nitrogen functional groups attached to an aromatic ring is 1. The smallest absolute Gasteiger partial charge is 0.328 e. The third-order valence-electron chi connectivity index (χ3n) is 3.54. The predicted octanol–water partition coefficient (Wildman–Crippen LogP) is 2.09. The van der Waals surface area contributed by atoms with Crippen molar-refractivity contribution in [2.75, 3.05) is 5.73 Å². The average molecular weight is 271 g/mol. The van der Waals surface area contributed by atoms with Gasteiger partial charge in [0, 0.05) is 6.20 Å². The highest BCUT2D eigenvalue weighted by atomic mass is 16.5. The number of fused-ring (bicyclic) bond motifs is 1. The van der Waals surface area contributed by atoms with Crippen molar-refractivity contribution in [1.82, 2.24) is 9.78 Å². The van der Waals surface area contributed by atoms with Gasteiger partial charge in [-0.25, -0.2) is 0 Å². The summed E-state index contributed by atoms with van der Waals surface area (Å²) in [6.45, 7) is 0.0931. The Balaban J connectivity index is 1.68. The largest absolute Gasteiger partial charge is 0.456 e. The second-order valence-electron chi connectivity index (χ2n) is 5.01. The number of nitrogens with two attached hydrogens (primary N) is 1. The van der Waals surface area contributed by atoms with Crippen LogP contribution in [0.2, 0.25) is 0 Å². The van der Waals surface area contributed by atoms with Gasteiger partial charge >= 0.3 is 5.97 Å². The van der Waals surface area contributed by atoms with Gasteiger partial charge in [-0.05, 0) is 36.5 Å². The van der Waals surface area contributed by atoms with Crippen LogP contribution < -0.4 is 5.73 Å². The molecule has 1 unspecified atom stereocenters. The first-order chi connectivity index (χ1) is 9.72. The van der Waals surface area contributed by atoms with Crippen molar-refractivity contribution in [2.24, 2.45) is 0 Å². The summed E-state index contributed by atoms with van der Waals surface area (Å²) in [4.78, 5) is 12.0. The zero-order chi connectivity index (χ0) is 13.9. The summed E-state index contributed by atoms with van der Waals surface area (Å²) in [5.74, 6) is 0.121. The number of hydrogen-bond donors (Lipinski definition) is 1. The zero-order valence-corrected chi connectivity index (χ0v) is 11.2. The van der Waals surface area contributed by atoms with E-state index in [1.165, 1.54) is 10.2 Å². The highest BCUT2D eigenvalue weighted by Gasteiger charge is 2.23. The maximum Gasteiger partial charge on any atom is 0.328 e. The number of hydrogen-bond acceptors (Lipinski definition) is 4. The van der Waals surface area contributed by atoms with Crippen molar-refractivity contribution >= 4 is 11.8 Å². The molecule has 5 nitrogen and oxygen atoms in total. The fourth-order valence-electron chi connectivity index (χ4n) is 2.63. The number of aryl methyl sites for hydroxylation is 1. The minimum atomic E-state index is -0.283. The van der Waals surface area contributed by atoms with E-state index in [-0.39, 0.29) is 18.6 Å². The fourth-order valence-corrected chi connectivity index (χ4v) is 2.63. The molecule has 1 atom stereocenters. The number of carbonyl (C=O) groups is 1. The van der Waals surface area contributed by atoms with Gasteiger partial charge in [-0.2, -0.15) is 5.10 Å². The van der Waals surface area contributed by atoms with Crippen molar-refractivity contribution in [2.45, 2.75) is 31.9 Å². The van der Waals surface area contributed by atoms with E-state index in [9.17, 15) is 4.79 Å². The predicted molar refractivity (Wildman–Crippen MR) is 74.9 cm³/mol. The van der Waals surface area contributed by atoms with Crippen molar-refractivity contribution in [3.8, 4) is 0 Å². The second kappa shape index (κ2) is 5.36. The van der Waals surface area contributed by atoms with Gasteiger partial charge in [0.2, 0.25) is 0 Å². The van der Waals surface area contributed by atoms with Crippen LogP contribution in [0.4, 0.5) is 5.82 Å². The Morgan fingerprint density at radius 3 is 3.05 bits per heavy atom. The summed E-state index contributed by atoms with van der Waals surface area (Å²) in [7, 11) is 0. The minimum Gasteiger partial charge on any atom is -0.456 e. The van der Waals surface area contributed by atoms with Crippen molar-refractivity contribution in [1.29, 1.82) is 0 Å². The highest BCUT2D eigenvalue weighted by Crippen LogP contribution is 2.32. The molecule has 1 aromatic carbocycles. The molecule has 0 spiro atoms. The molecule has 20 heavy (non-hydrogen) atoms. The Morgan fingerprint density at radius 1 is 1.40 bits per heavy atom. The van der Waals surface area contributed by atoms with Crippen molar-refractivity contribution < 1.29 is 9.53 Å². The molecule has 0 fully saturated rings. The van der Waals surface area contributed by atoms with E-state index in [2.05, 4.69) is 11.2 Å². The van der Waals surface area contributed by atoms with Crippen molar-refractivity contribution in [3.05, 3.63) is 47.7 Å². The molecule has 0 amide bonds. The van der Waals surface area contributed by atoms with E-state index >= 15 is 0 Å². The Hall–Kier alpha value is -2.30. The summed E-state index contributed by atoms with van der Waals surface area (Å²) in [5, 5.41) is 3.98. The lowest BCUT2D eigenvalue weighted by Gasteiger charge is -2.25. The molecule has 0 radical (unpaired) electrons. The molecule has 3 rings (SSSR count). The van der Waals surface area contributed by atoms with Crippen LogP contribution in [0.3, 0.4) is 0 Å². The van der Waals surface area contributed by atoms with E-state index in [1.807, 2.05) is 18.2 Å². The lowest BCUT2D eigenvalue weighted by molar-refractivity contribution is -0.151. The monoisotopic (exact) mass is 271 g/mol. The van der Waals surface area contributed by atoms with Crippen LogP contribution >= 0.6 is 0 Å². The molecule has 0 saturated heterocycles. The van der Waals surface area contributed by atoms with Crippen LogP contribution in [0, 0.1) is 0 Å². The van der Waals surface area contributed by atoms with Gasteiger partial charge in [0.25, 0.3) is 0 Å². The quantitative estimate of drug-likeness (QED) is 0.868. The number of benzene rings is 1. The van der Waals surface area contributed by atoms with E-state index < -0.39 is 0 Å². The maximum absolute atomic E-state index is 12.0. The number of ether oxygens (including phenoxy) is 1. The van der Waals surface area contributed by atoms with Crippen LogP contribution in [0.5, 0.6) is 0 Å². The molecular formula is C15H17N3O2. The summed E-state index contributed by atoms with van der Waals surface area (Å²) < 4.78 is 7.08. The lowest BCUT2D eigenvalue weighted by atomic mass is 9.89. The fraction of sp³-hybridized carbons (Fsp3) is 0.333. The van der Waals surface area contributed by atoms with Crippen LogP contribution in [-0.4, -0.2) is 15.7 Å². The van der Waals surface area contributed by atoms with Gasteiger partial charge < -0.3 is 10.5 Å². The summed E-state index contributed by atoms with van der Waals surface area (Å²) in [6, 6.07) is 9.81. The number of anilines is 1. The molecular weight excluding hydrogens is 254 g/mol. The lowest BCUT2D eigenvalue weighted by Crippen LogP contribution is -2.20. The van der Waals surface area contributed by atoms with Gasteiger partial charge in [0.15, 0.2) is 0 Å². The number of esters is 1. The maximum atomic E-state index is 12.0. The Labute approximate surface area is 117 Å². The van der Waals surface area contributed by atoms with Crippen molar-refractivity contribution in [3.63, 3.8) is 0 Å². The van der Waals surface area contributed by atoms with Gasteiger partial charge in [-0.3, -0.25) is 9.48 Å². The topological polar surface area (TPSA) is 70.1 Å². The second-order valence-corrected chi connectivity index (χ2v) is 5.01. The van der Waals surface area contributed by atoms with Gasteiger partial charge in [0.1, 0.15) is 18.5 Å².